The highest BCUT2D eigenvalue weighted by Crippen LogP contribution is 2.38. The van der Waals surface area contributed by atoms with Crippen molar-refractivity contribution in [1.82, 2.24) is 0 Å². The van der Waals surface area contributed by atoms with Gasteiger partial charge in [0.25, 0.3) is 0 Å². The van der Waals surface area contributed by atoms with Crippen molar-refractivity contribution in [3.05, 3.63) is 0 Å². The summed E-state index contributed by atoms with van der Waals surface area (Å²) in [6, 6.07) is 0. The SMILES string of the molecule is CC(C)CCCCC(=O)OC1C(OC(=O)CCCC(C)C)C(CO)OC(OC2(CO)OC(CO)C(O)C2O)C1OC(=O)CCCC(C)C. The van der Waals surface area contributed by atoms with Crippen molar-refractivity contribution in [2.75, 3.05) is 19.8 Å². The molecule has 0 aromatic carbocycles. The molecule has 14 nitrogen and oxygen atoms in total. The third-order valence-electron chi connectivity index (χ3n) is 8.53. The summed E-state index contributed by atoms with van der Waals surface area (Å²) < 4.78 is 34.9. The van der Waals surface area contributed by atoms with Crippen LogP contribution in [0.15, 0.2) is 0 Å². The largest absolute Gasteiger partial charge is 0.455 e. The lowest BCUT2D eigenvalue weighted by Gasteiger charge is -2.46. The third-order valence-corrected chi connectivity index (χ3v) is 8.53. The summed E-state index contributed by atoms with van der Waals surface area (Å²) >= 11 is 0. The molecule has 0 aliphatic carbocycles. The second-order valence-corrected chi connectivity index (χ2v) is 14.2. The maximum atomic E-state index is 13.2. The molecule has 0 aromatic heterocycles. The number of ether oxygens (including phenoxy) is 6. The number of aliphatic hydroxyl groups excluding tert-OH is 5. The molecule has 2 aliphatic rings. The van der Waals surface area contributed by atoms with Crippen LogP contribution in [0.1, 0.15) is 106 Å². The minimum absolute atomic E-state index is 0.0102. The zero-order valence-corrected chi connectivity index (χ0v) is 29.5. The maximum absolute atomic E-state index is 13.2. The molecule has 2 heterocycles. The monoisotopic (exact) mass is 692 g/mol. The van der Waals surface area contributed by atoms with Gasteiger partial charge in [0.05, 0.1) is 13.2 Å². The predicted molar refractivity (Wildman–Crippen MR) is 171 cm³/mol. The van der Waals surface area contributed by atoms with Crippen LogP contribution in [-0.2, 0) is 42.8 Å². The van der Waals surface area contributed by atoms with Crippen LogP contribution in [0.5, 0.6) is 0 Å². The fourth-order valence-corrected chi connectivity index (χ4v) is 5.75. The van der Waals surface area contributed by atoms with Crippen LogP contribution in [0.4, 0.5) is 0 Å². The van der Waals surface area contributed by atoms with Gasteiger partial charge in [0, 0.05) is 19.3 Å². The van der Waals surface area contributed by atoms with Crippen LogP contribution < -0.4 is 0 Å². The lowest BCUT2D eigenvalue weighted by molar-refractivity contribution is -0.384. The third kappa shape index (κ3) is 12.8. The molecule has 9 unspecified atom stereocenters. The van der Waals surface area contributed by atoms with Gasteiger partial charge in [0.2, 0.25) is 12.1 Å². The molecule has 0 radical (unpaired) electrons. The standard InChI is InChI=1S/C34H60O14/c1-20(2)11-7-8-14-25(38)45-30-29(44-26(39)15-9-12-21(3)4)24(18-36)43-33(31(30)46-27(40)16-10-13-22(5)6)48-34(19-37)32(42)28(41)23(17-35)47-34/h20-24,28-33,35-37,41-42H,7-19H2,1-6H3. The van der Waals surface area contributed by atoms with Crippen molar-refractivity contribution in [3.63, 3.8) is 0 Å². The highest BCUT2D eigenvalue weighted by Gasteiger charge is 2.60. The smallest absolute Gasteiger partial charge is 0.306 e. The minimum Gasteiger partial charge on any atom is -0.455 e. The van der Waals surface area contributed by atoms with Gasteiger partial charge < -0.3 is 54.0 Å². The Morgan fingerprint density at radius 1 is 0.646 bits per heavy atom. The fourth-order valence-electron chi connectivity index (χ4n) is 5.75. The van der Waals surface area contributed by atoms with E-state index in [4.69, 9.17) is 28.4 Å². The van der Waals surface area contributed by atoms with E-state index in [-0.39, 0.29) is 19.3 Å². The summed E-state index contributed by atoms with van der Waals surface area (Å²) in [5, 5.41) is 51.6. The number of carbonyl (C=O) groups is 3. The molecule has 2 rings (SSSR count). The topological polar surface area (TPSA) is 208 Å². The Bertz CT molecular complexity index is 973. The van der Waals surface area contributed by atoms with Crippen molar-refractivity contribution >= 4 is 17.9 Å². The molecule has 2 aliphatic heterocycles. The number of aliphatic hydroxyl groups is 5. The van der Waals surface area contributed by atoms with E-state index in [0.29, 0.717) is 37.0 Å². The van der Waals surface area contributed by atoms with Crippen LogP contribution >= 0.6 is 0 Å². The maximum Gasteiger partial charge on any atom is 0.306 e. The summed E-state index contributed by atoms with van der Waals surface area (Å²) in [6.07, 6.45) is -7.95. The zero-order valence-electron chi connectivity index (χ0n) is 29.5. The quantitative estimate of drug-likeness (QED) is 0.0664. The summed E-state index contributed by atoms with van der Waals surface area (Å²) in [7, 11) is 0. The normalized spacial score (nSPS) is 30.6. The highest BCUT2D eigenvalue weighted by atomic mass is 16.8. The van der Waals surface area contributed by atoms with Gasteiger partial charge in [0.1, 0.15) is 31.0 Å². The Hall–Kier alpha value is -1.91. The van der Waals surface area contributed by atoms with Gasteiger partial charge in [-0.2, -0.15) is 0 Å². The lowest BCUT2D eigenvalue weighted by atomic mass is 9.97. The average molecular weight is 693 g/mol. The van der Waals surface area contributed by atoms with E-state index in [1.165, 1.54) is 0 Å². The molecule has 48 heavy (non-hydrogen) atoms. The van der Waals surface area contributed by atoms with Gasteiger partial charge in [-0.15, -0.1) is 0 Å². The van der Waals surface area contributed by atoms with Crippen LogP contribution in [0, 0.1) is 17.8 Å². The highest BCUT2D eigenvalue weighted by molar-refractivity contribution is 5.71. The molecule has 0 bridgehead atoms. The molecule has 2 saturated heterocycles. The first-order valence-electron chi connectivity index (χ1n) is 17.5. The van der Waals surface area contributed by atoms with E-state index >= 15 is 0 Å². The molecule has 0 aromatic rings. The Kier molecular flexibility index (Phi) is 18.2. The van der Waals surface area contributed by atoms with Crippen molar-refractivity contribution in [2.45, 2.75) is 161 Å². The molecular formula is C34H60O14. The van der Waals surface area contributed by atoms with Crippen molar-refractivity contribution in [2.24, 2.45) is 17.8 Å². The average Bonchev–Trinajstić information content (AvgIpc) is 3.26. The first-order valence-corrected chi connectivity index (χ1v) is 17.5. The minimum atomic E-state index is -2.37. The van der Waals surface area contributed by atoms with Crippen LogP contribution in [-0.4, -0.2) is 118 Å². The van der Waals surface area contributed by atoms with Gasteiger partial charge in [-0.25, -0.2) is 0 Å². The van der Waals surface area contributed by atoms with E-state index in [9.17, 15) is 39.9 Å². The predicted octanol–water partition coefficient (Wildman–Crippen LogP) is 2.13. The van der Waals surface area contributed by atoms with Crippen molar-refractivity contribution in [3.8, 4) is 0 Å². The van der Waals surface area contributed by atoms with Crippen molar-refractivity contribution in [1.29, 1.82) is 0 Å². The molecule has 5 N–H and O–H groups in total. The van der Waals surface area contributed by atoms with Gasteiger partial charge in [-0.3, -0.25) is 14.4 Å². The molecular weight excluding hydrogens is 632 g/mol. The Balaban J connectivity index is 2.49. The Morgan fingerprint density at radius 3 is 1.56 bits per heavy atom. The molecule has 0 saturated carbocycles. The molecule has 0 amide bonds. The second-order valence-electron chi connectivity index (χ2n) is 14.2. The van der Waals surface area contributed by atoms with Crippen LogP contribution in [0.2, 0.25) is 0 Å². The van der Waals surface area contributed by atoms with E-state index in [1.807, 2.05) is 27.7 Å². The van der Waals surface area contributed by atoms with E-state index < -0.39 is 92.5 Å². The Labute approximate surface area is 284 Å². The van der Waals surface area contributed by atoms with Gasteiger partial charge in [-0.1, -0.05) is 67.2 Å². The van der Waals surface area contributed by atoms with Crippen LogP contribution in [0.3, 0.4) is 0 Å². The number of unbranched alkanes of at least 4 members (excludes halogenated alkanes) is 1. The number of carbonyl (C=O) groups excluding carboxylic acids is 3. The first kappa shape index (κ1) is 42.3. The Morgan fingerprint density at radius 2 is 1.10 bits per heavy atom. The van der Waals surface area contributed by atoms with Gasteiger partial charge >= 0.3 is 17.9 Å². The van der Waals surface area contributed by atoms with Gasteiger partial charge in [0.15, 0.2) is 18.3 Å². The number of hydrogen-bond acceptors (Lipinski definition) is 14. The van der Waals surface area contributed by atoms with Crippen LogP contribution in [0.25, 0.3) is 0 Å². The summed E-state index contributed by atoms with van der Waals surface area (Å²) in [4.78, 5) is 39.5. The number of hydrogen-bond donors (Lipinski definition) is 5. The van der Waals surface area contributed by atoms with E-state index in [1.54, 1.807) is 0 Å². The zero-order chi connectivity index (χ0) is 36.0. The molecule has 280 valence electrons. The van der Waals surface area contributed by atoms with Crippen molar-refractivity contribution < 1.29 is 68.3 Å². The fraction of sp³-hybridized carbons (Fsp3) is 0.912. The molecule has 9 atom stereocenters. The molecule has 0 spiro atoms. The lowest BCUT2D eigenvalue weighted by Crippen LogP contribution is -2.65. The summed E-state index contributed by atoms with van der Waals surface area (Å²) in [5.41, 5.74) is 0. The summed E-state index contributed by atoms with van der Waals surface area (Å²) in [5.74, 6) is -3.29. The van der Waals surface area contributed by atoms with E-state index in [0.717, 1.165) is 25.7 Å². The molecule has 2 fully saturated rings. The van der Waals surface area contributed by atoms with E-state index in [2.05, 4.69) is 13.8 Å². The summed E-state index contributed by atoms with van der Waals surface area (Å²) in [6.45, 7) is 9.68. The molecule has 14 heteroatoms. The van der Waals surface area contributed by atoms with Gasteiger partial charge in [-0.05, 0) is 37.0 Å². The number of rotatable bonds is 21. The second kappa shape index (κ2) is 20.7. The first-order chi connectivity index (χ1) is 22.7. The number of esters is 3.